The molecular weight excluding hydrogens is 281 g/mol. The molecule has 19 heavy (non-hydrogen) atoms. The Labute approximate surface area is 123 Å². The van der Waals surface area contributed by atoms with Crippen LogP contribution in [0.2, 0.25) is 10.0 Å². The highest BCUT2D eigenvalue weighted by Gasteiger charge is 2.12. The summed E-state index contributed by atoms with van der Waals surface area (Å²) in [5, 5.41) is 9.14. The van der Waals surface area contributed by atoms with Gasteiger partial charge in [0.1, 0.15) is 0 Å². The molecule has 0 aliphatic carbocycles. The SMILES string of the molecule is CCn1nc(C)c(Cl)c1CNc1cc(C)ccc1Cl. The molecule has 0 bridgehead atoms. The van der Waals surface area contributed by atoms with Crippen LogP contribution in [0.5, 0.6) is 0 Å². The van der Waals surface area contributed by atoms with Crippen LogP contribution < -0.4 is 5.32 Å². The molecule has 3 nitrogen and oxygen atoms in total. The molecule has 0 radical (unpaired) electrons. The molecule has 0 saturated heterocycles. The van der Waals surface area contributed by atoms with E-state index in [0.29, 0.717) is 11.6 Å². The minimum atomic E-state index is 0.608. The second kappa shape index (κ2) is 5.85. The molecule has 0 atom stereocenters. The van der Waals surface area contributed by atoms with Gasteiger partial charge in [-0.15, -0.1) is 0 Å². The van der Waals surface area contributed by atoms with E-state index in [0.717, 1.165) is 34.2 Å². The number of hydrogen-bond donors (Lipinski definition) is 1. The highest BCUT2D eigenvalue weighted by Crippen LogP contribution is 2.25. The van der Waals surface area contributed by atoms with E-state index >= 15 is 0 Å². The first-order chi connectivity index (χ1) is 9.02. The number of nitrogens with zero attached hydrogens (tertiary/aromatic N) is 2. The van der Waals surface area contributed by atoms with Gasteiger partial charge in [0.05, 0.1) is 33.7 Å². The van der Waals surface area contributed by atoms with Crippen LogP contribution in [0.4, 0.5) is 5.69 Å². The van der Waals surface area contributed by atoms with E-state index in [2.05, 4.69) is 10.4 Å². The zero-order chi connectivity index (χ0) is 14.0. The fraction of sp³-hybridized carbons (Fsp3) is 0.357. The third kappa shape index (κ3) is 3.04. The van der Waals surface area contributed by atoms with E-state index in [9.17, 15) is 0 Å². The van der Waals surface area contributed by atoms with Crippen molar-refractivity contribution in [2.24, 2.45) is 0 Å². The molecule has 0 fully saturated rings. The minimum Gasteiger partial charge on any atom is -0.378 e. The van der Waals surface area contributed by atoms with Crippen molar-refractivity contribution in [3.8, 4) is 0 Å². The summed E-state index contributed by atoms with van der Waals surface area (Å²) < 4.78 is 1.91. The van der Waals surface area contributed by atoms with Crippen molar-refractivity contribution in [2.75, 3.05) is 5.32 Å². The van der Waals surface area contributed by atoms with Crippen LogP contribution >= 0.6 is 23.2 Å². The Kier molecular flexibility index (Phi) is 4.38. The van der Waals surface area contributed by atoms with Gasteiger partial charge in [-0.2, -0.15) is 5.10 Å². The van der Waals surface area contributed by atoms with Crippen molar-refractivity contribution < 1.29 is 0 Å². The molecule has 5 heteroatoms. The molecule has 1 aromatic heterocycles. The number of benzene rings is 1. The van der Waals surface area contributed by atoms with Gasteiger partial charge in [0, 0.05) is 6.54 Å². The van der Waals surface area contributed by atoms with Gasteiger partial charge >= 0.3 is 0 Å². The maximum absolute atomic E-state index is 6.27. The number of rotatable bonds is 4. The van der Waals surface area contributed by atoms with Crippen LogP contribution in [0, 0.1) is 13.8 Å². The van der Waals surface area contributed by atoms with Crippen molar-refractivity contribution in [2.45, 2.75) is 33.9 Å². The van der Waals surface area contributed by atoms with Gasteiger partial charge in [0.15, 0.2) is 0 Å². The van der Waals surface area contributed by atoms with Crippen LogP contribution in [-0.4, -0.2) is 9.78 Å². The zero-order valence-electron chi connectivity index (χ0n) is 11.3. The molecule has 0 aliphatic heterocycles. The largest absolute Gasteiger partial charge is 0.378 e. The third-order valence-electron chi connectivity index (χ3n) is 3.02. The summed E-state index contributed by atoms with van der Waals surface area (Å²) in [6, 6.07) is 5.90. The summed E-state index contributed by atoms with van der Waals surface area (Å²) in [7, 11) is 0. The van der Waals surface area contributed by atoms with Gasteiger partial charge in [-0.05, 0) is 38.5 Å². The van der Waals surface area contributed by atoms with Gasteiger partial charge in [0.2, 0.25) is 0 Å². The Bertz CT molecular complexity index is 591. The normalized spacial score (nSPS) is 10.8. The first-order valence-electron chi connectivity index (χ1n) is 6.24. The first kappa shape index (κ1) is 14.2. The van der Waals surface area contributed by atoms with Gasteiger partial charge in [-0.3, -0.25) is 4.68 Å². The number of aromatic nitrogens is 2. The third-order valence-corrected chi connectivity index (χ3v) is 3.84. The van der Waals surface area contributed by atoms with E-state index < -0.39 is 0 Å². The van der Waals surface area contributed by atoms with E-state index in [-0.39, 0.29) is 0 Å². The van der Waals surface area contributed by atoms with Gasteiger partial charge in [0.25, 0.3) is 0 Å². The molecule has 102 valence electrons. The smallest absolute Gasteiger partial charge is 0.0865 e. The summed E-state index contributed by atoms with van der Waals surface area (Å²) in [6.07, 6.45) is 0. The van der Waals surface area contributed by atoms with Crippen LogP contribution in [0.15, 0.2) is 18.2 Å². The highest BCUT2D eigenvalue weighted by atomic mass is 35.5. The molecule has 1 aromatic carbocycles. The fourth-order valence-electron chi connectivity index (χ4n) is 1.99. The highest BCUT2D eigenvalue weighted by molar-refractivity contribution is 6.33. The van der Waals surface area contributed by atoms with E-state index in [1.54, 1.807) is 0 Å². The van der Waals surface area contributed by atoms with Crippen molar-refractivity contribution >= 4 is 28.9 Å². The summed E-state index contributed by atoms with van der Waals surface area (Å²) in [6.45, 7) is 7.40. The molecule has 0 saturated carbocycles. The molecule has 0 spiro atoms. The maximum atomic E-state index is 6.27. The van der Waals surface area contributed by atoms with Crippen molar-refractivity contribution in [1.82, 2.24) is 9.78 Å². The first-order valence-corrected chi connectivity index (χ1v) is 7.00. The second-order valence-electron chi connectivity index (χ2n) is 4.50. The van der Waals surface area contributed by atoms with E-state index in [1.165, 1.54) is 0 Å². The molecule has 1 heterocycles. The lowest BCUT2D eigenvalue weighted by Crippen LogP contribution is -2.08. The van der Waals surface area contributed by atoms with E-state index in [1.807, 2.05) is 43.7 Å². The lowest BCUT2D eigenvalue weighted by Gasteiger charge is -2.11. The summed E-state index contributed by atoms with van der Waals surface area (Å²) in [4.78, 5) is 0. The molecule has 0 aliphatic rings. The molecule has 0 amide bonds. The zero-order valence-corrected chi connectivity index (χ0v) is 12.8. The lowest BCUT2D eigenvalue weighted by molar-refractivity contribution is 0.623. The fourth-order valence-corrected chi connectivity index (χ4v) is 2.38. The van der Waals surface area contributed by atoms with Crippen LogP contribution in [0.3, 0.4) is 0 Å². The van der Waals surface area contributed by atoms with Gasteiger partial charge in [-0.25, -0.2) is 0 Å². The predicted octanol–water partition coefficient (Wildman–Crippen LogP) is 4.44. The summed E-state index contributed by atoms with van der Waals surface area (Å²) in [5.74, 6) is 0. The Hall–Kier alpha value is -1.19. The number of hydrogen-bond acceptors (Lipinski definition) is 2. The average molecular weight is 298 g/mol. The Morgan fingerprint density at radius 1 is 1.26 bits per heavy atom. The predicted molar refractivity (Wildman–Crippen MR) is 81.2 cm³/mol. The van der Waals surface area contributed by atoms with Crippen molar-refractivity contribution in [3.63, 3.8) is 0 Å². The van der Waals surface area contributed by atoms with Crippen molar-refractivity contribution in [3.05, 3.63) is 45.2 Å². The Balaban J connectivity index is 2.21. The standard InChI is InChI=1S/C14H17Cl2N3/c1-4-19-13(14(16)10(3)18-19)8-17-12-7-9(2)5-6-11(12)15/h5-7,17H,4,8H2,1-3H3. The number of anilines is 1. The maximum Gasteiger partial charge on any atom is 0.0865 e. The Morgan fingerprint density at radius 3 is 2.68 bits per heavy atom. The molecule has 2 rings (SSSR count). The van der Waals surface area contributed by atoms with E-state index in [4.69, 9.17) is 23.2 Å². The molecular formula is C14H17Cl2N3. The quantitative estimate of drug-likeness (QED) is 0.904. The minimum absolute atomic E-state index is 0.608. The summed E-state index contributed by atoms with van der Waals surface area (Å²) >= 11 is 12.4. The number of nitrogens with one attached hydrogen (secondary N) is 1. The summed E-state index contributed by atoms with van der Waals surface area (Å²) in [5.41, 5.74) is 3.92. The number of halogens is 2. The number of aryl methyl sites for hydroxylation is 3. The average Bonchev–Trinajstić information content (AvgIpc) is 2.66. The Morgan fingerprint density at radius 2 is 2.00 bits per heavy atom. The lowest BCUT2D eigenvalue weighted by atomic mass is 10.2. The topological polar surface area (TPSA) is 29.9 Å². The van der Waals surface area contributed by atoms with Crippen LogP contribution in [0.1, 0.15) is 23.9 Å². The van der Waals surface area contributed by atoms with Gasteiger partial charge < -0.3 is 5.32 Å². The van der Waals surface area contributed by atoms with Crippen LogP contribution in [0.25, 0.3) is 0 Å². The van der Waals surface area contributed by atoms with Crippen LogP contribution in [-0.2, 0) is 13.1 Å². The second-order valence-corrected chi connectivity index (χ2v) is 5.28. The van der Waals surface area contributed by atoms with Gasteiger partial charge in [-0.1, -0.05) is 29.3 Å². The van der Waals surface area contributed by atoms with Crippen molar-refractivity contribution in [1.29, 1.82) is 0 Å². The molecule has 2 aromatic rings. The molecule has 1 N–H and O–H groups in total. The molecule has 0 unspecified atom stereocenters. The monoisotopic (exact) mass is 297 g/mol.